The lowest BCUT2D eigenvalue weighted by Crippen LogP contribution is -2.55. The first kappa shape index (κ1) is 18.6. The highest BCUT2D eigenvalue weighted by molar-refractivity contribution is 5.79. The normalized spacial score (nSPS) is 23.6. The average molecular weight is 360 g/mol. The first-order valence-corrected chi connectivity index (χ1v) is 9.45. The van der Waals surface area contributed by atoms with Crippen molar-refractivity contribution >= 4 is 11.8 Å². The lowest BCUT2D eigenvalue weighted by Gasteiger charge is -2.48. The van der Waals surface area contributed by atoms with E-state index >= 15 is 0 Å². The van der Waals surface area contributed by atoms with Gasteiger partial charge in [-0.05, 0) is 40.0 Å². The Morgan fingerprint density at radius 3 is 2.69 bits per heavy atom. The minimum absolute atomic E-state index is 0.00478. The van der Waals surface area contributed by atoms with Crippen molar-refractivity contribution in [1.29, 1.82) is 0 Å². The number of rotatable bonds is 3. The molecule has 0 unspecified atom stereocenters. The fourth-order valence-electron chi connectivity index (χ4n) is 4.37. The highest BCUT2D eigenvalue weighted by atomic mass is 16.2. The van der Waals surface area contributed by atoms with Crippen LogP contribution in [0.1, 0.15) is 49.7 Å². The Bertz CT molecular complexity index is 773. The Labute approximate surface area is 153 Å². The summed E-state index contributed by atoms with van der Waals surface area (Å²) < 4.78 is 0. The predicted octanol–water partition coefficient (Wildman–Crippen LogP) is 1.18. The zero-order valence-electron chi connectivity index (χ0n) is 15.9. The van der Waals surface area contributed by atoms with E-state index in [1.54, 1.807) is 13.8 Å². The molecule has 142 valence electrons. The number of piperidine rings is 2. The van der Waals surface area contributed by atoms with Gasteiger partial charge in [-0.25, -0.2) is 4.98 Å². The van der Waals surface area contributed by atoms with Gasteiger partial charge >= 0.3 is 0 Å². The average Bonchev–Trinajstić information content (AvgIpc) is 2.60. The fraction of sp³-hybridized carbons (Fsp3) is 0.684. The number of hydrogen-bond donors (Lipinski definition) is 1. The van der Waals surface area contributed by atoms with E-state index in [2.05, 4.69) is 9.97 Å². The zero-order chi connectivity index (χ0) is 18.9. The molecule has 7 heteroatoms. The molecule has 1 spiro atoms. The molecule has 0 radical (unpaired) electrons. The topological polar surface area (TPSA) is 86.4 Å². The molecule has 1 aromatic rings. The second-order valence-electron chi connectivity index (χ2n) is 7.72. The third-order valence-electron chi connectivity index (χ3n) is 5.81. The Hall–Kier alpha value is -2.18. The number of nitrogens with zero attached hydrogens (tertiary/aromatic N) is 3. The Balaban J connectivity index is 1.73. The molecule has 0 bridgehead atoms. The molecule has 3 heterocycles. The van der Waals surface area contributed by atoms with Gasteiger partial charge in [-0.2, -0.15) is 0 Å². The van der Waals surface area contributed by atoms with Gasteiger partial charge in [0, 0.05) is 49.3 Å². The quantitative estimate of drug-likeness (QED) is 0.877. The van der Waals surface area contributed by atoms with Crippen molar-refractivity contribution in [2.24, 2.45) is 5.41 Å². The molecule has 0 saturated carbocycles. The highest BCUT2D eigenvalue weighted by Gasteiger charge is 2.42. The van der Waals surface area contributed by atoms with Crippen LogP contribution in [0.3, 0.4) is 0 Å². The van der Waals surface area contributed by atoms with E-state index in [9.17, 15) is 14.4 Å². The number of aromatic nitrogens is 2. The number of likely N-dealkylation sites (tertiary alicyclic amines) is 2. The van der Waals surface area contributed by atoms with E-state index in [4.69, 9.17) is 0 Å². The summed E-state index contributed by atoms with van der Waals surface area (Å²) >= 11 is 0. The van der Waals surface area contributed by atoms with E-state index in [-0.39, 0.29) is 29.2 Å². The number of aryl methyl sites for hydroxylation is 2. The zero-order valence-corrected chi connectivity index (χ0v) is 15.9. The molecule has 1 aromatic heterocycles. The van der Waals surface area contributed by atoms with Crippen LogP contribution in [0.2, 0.25) is 0 Å². The van der Waals surface area contributed by atoms with Crippen molar-refractivity contribution in [1.82, 2.24) is 19.8 Å². The van der Waals surface area contributed by atoms with Gasteiger partial charge in [0.2, 0.25) is 11.8 Å². The Morgan fingerprint density at radius 2 is 2.00 bits per heavy atom. The van der Waals surface area contributed by atoms with E-state index in [1.807, 2.05) is 16.7 Å². The van der Waals surface area contributed by atoms with Crippen LogP contribution in [0.25, 0.3) is 0 Å². The van der Waals surface area contributed by atoms with Crippen molar-refractivity contribution in [3.05, 3.63) is 27.4 Å². The van der Waals surface area contributed by atoms with Gasteiger partial charge in [0.15, 0.2) is 0 Å². The van der Waals surface area contributed by atoms with Gasteiger partial charge in [-0.1, -0.05) is 0 Å². The van der Waals surface area contributed by atoms with Crippen molar-refractivity contribution in [2.45, 2.75) is 52.9 Å². The van der Waals surface area contributed by atoms with E-state index in [0.29, 0.717) is 30.0 Å². The second kappa shape index (κ2) is 7.21. The second-order valence-corrected chi connectivity index (χ2v) is 7.72. The van der Waals surface area contributed by atoms with Crippen molar-refractivity contribution < 1.29 is 9.59 Å². The molecular weight excluding hydrogens is 332 g/mol. The predicted molar refractivity (Wildman–Crippen MR) is 97.8 cm³/mol. The van der Waals surface area contributed by atoms with Crippen molar-refractivity contribution in [3.63, 3.8) is 0 Å². The summed E-state index contributed by atoms with van der Waals surface area (Å²) in [6, 6.07) is 0. The van der Waals surface area contributed by atoms with Gasteiger partial charge < -0.3 is 14.8 Å². The lowest BCUT2D eigenvalue weighted by molar-refractivity contribution is -0.142. The van der Waals surface area contributed by atoms with Gasteiger partial charge in [-0.15, -0.1) is 0 Å². The molecule has 26 heavy (non-hydrogen) atoms. The Morgan fingerprint density at radius 1 is 1.23 bits per heavy atom. The SMILES string of the molecule is CCN1C[C@@]2(CCCN(C(=O)Cc3c(C)nc(C)[nH]c3=O)C2)CCC1=O. The molecule has 1 atom stereocenters. The van der Waals surface area contributed by atoms with Crippen LogP contribution in [0.5, 0.6) is 0 Å². The maximum Gasteiger partial charge on any atom is 0.254 e. The van der Waals surface area contributed by atoms with Crippen LogP contribution >= 0.6 is 0 Å². The molecule has 2 saturated heterocycles. The summed E-state index contributed by atoms with van der Waals surface area (Å²) in [5, 5.41) is 0. The molecular formula is C19H28N4O3. The fourth-order valence-corrected chi connectivity index (χ4v) is 4.37. The molecule has 2 amide bonds. The molecule has 2 aliphatic heterocycles. The minimum Gasteiger partial charge on any atom is -0.342 e. The number of nitrogens with one attached hydrogen (secondary N) is 1. The smallest absolute Gasteiger partial charge is 0.254 e. The monoisotopic (exact) mass is 360 g/mol. The van der Waals surface area contributed by atoms with Crippen LogP contribution in [0.15, 0.2) is 4.79 Å². The first-order chi connectivity index (χ1) is 12.3. The molecule has 2 aliphatic rings. The van der Waals surface area contributed by atoms with E-state index in [1.165, 1.54) is 0 Å². The number of aromatic amines is 1. The molecule has 3 rings (SSSR count). The summed E-state index contributed by atoms with van der Waals surface area (Å²) in [4.78, 5) is 47.8. The minimum atomic E-state index is -0.226. The number of H-pyrrole nitrogens is 1. The molecule has 0 aliphatic carbocycles. The molecule has 7 nitrogen and oxygen atoms in total. The van der Waals surface area contributed by atoms with Crippen LogP contribution < -0.4 is 5.56 Å². The van der Waals surface area contributed by atoms with E-state index < -0.39 is 0 Å². The largest absolute Gasteiger partial charge is 0.342 e. The number of amides is 2. The standard InChI is InChI=1S/C19H28N4O3/c1-4-22-11-19(8-6-16(22)24)7-5-9-23(12-19)17(25)10-15-13(2)20-14(3)21-18(15)26/h4-12H2,1-3H3,(H,20,21,26)/t19-/m1/s1. The van der Waals surface area contributed by atoms with Crippen LogP contribution in [0.4, 0.5) is 0 Å². The van der Waals surface area contributed by atoms with Crippen LogP contribution in [-0.2, 0) is 16.0 Å². The third kappa shape index (κ3) is 3.66. The summed E-state index contributed by atoms with van der Waals surface area (Å²) in [7, 11) is 0. The first-order valence-electron chi connectivity index (χ1n) is 9.45. The summed E-state index contributed by atoms with van der Waals surface area (Å²) in [6.07, 6.45) is 3.49. The van der Waals surface area contributed by atoms with Crippen molar-refractivity contribution in [3.8, 4) is 0 Å². The van der Waals surface area contributed by atoms with Gasteiger partial charge in [0.25, 0.3) is 5.56 Å². The summed E-state index contributed by atoms with van der Waals surface area (Å²) in [6.45, 7) is 8.35. The molecule has 2 fully saturated rings. The Kier molecular flexibility index (Phi) is 5.16. The lowest BCUT2D eigenvalue weighted by atomic mass is 9.73. The van der Waals surface area contributed by atoms with Gasteiger partial charge in [-0.3, -0.25) is 14.4 Å². The van der Waals surface area contributed by atoms with Gasteiger partial charge in [0.1, 0.15) is 5.82 Å². The highest BCUT2D eigenvalue weighted by Crippen LogP contribution is 2.38. The summed E-state index contributed by atoms with van der Waals surface area (Å²) in [5.41, 5.74) is 0.849. The van der Waals surface area contributed by atoms with Crippen molar-refractivity contribution in [2.75, 3.05) is 26.2 Å². The maximum atomic E-state index is 12.9. The van der Waals surface area contributed by atoms with Gasteiger partial charge in [0.05, 0.1) is 6.42 Å². The summed E-state index contributed by atoms with van der Waals surface area (Å²) in [5.74, 6) is 0.755. The third-order valence-corrected chi connectivity index (χ3v) is 5.81. The van der Waals surface area contributed by atoms with E-state index in [0.717, 1.165) is 38.9 Å². The molecule has 0 aromatic carbocycles. The number of carbonyl (C=O) groups is 2. The maximum absolute atomic E-state index is 12.9. The van der Waals surface area contributed by atoms with Crippen LogP contribution in [0, 0.1) is 19.3 Å². The number of carbonyl (C=O) groups excluding carboxylic acids is 2. The van der Waals surface area contributed by atoms with Crippen LogP contribution in [-0.4, -0.2) is 57.8 Å². The number of hydrogen-bond acceptors (Lipinski definition) is 4. The molecule has 1 N–H and O–H groups in total.